The molecule has 0 unspecified atom stereocenters. The van der Waals surface area contributed by atoms with Gasteiger partial charge in [-0.1, -0.05) is 30.3 Å². The molecule has 4 nitrogen and oxygen atoms in total. The van der Waals surface area contributed by atoms with Gasteiger partial charge < -0.3 is 9.73 Å². The first-order valence-electron chi connectivity index (χ1n) is 7.08. The van der Waals surface area contributed by atoms with Crippen LogP contribution >= 0.6 is 12.2 Å². The van der Waals surface area contributed by atoms with Crippen LogP contribution in [0.5, 0.6) is 0 Å². The average Bonchev–Trinajstić information content (AvgIpc) is 2.90. The molecule has 112 valence electrons. The summed E-state index contributed by atoms with van der Waals surface area (Å²) >= 11 is 5.24. The van der Waals surface area contributed by atoms with E-state index < -0.39 is 0 Å². The largest absolute Gasteiger partial charge is 0.409 e. The summed E-state index contributed by atoms with van der Waals surface area (Å²) in [6.07, 6.45) is 0. The first-order chi connectivity index (χ1) is 10.6. The highest BCUT2D eigenvalue weighted by Crippen LogP contribution is 2.19. The number of aryl methyl sites for hydroxylation is 2. The molecule has 5 heteroatoms. The van der Waals surface area contributed by atoms with Crippen LogP contribution < -0.4 is 5.32 Å². The maximum absolute atomic E-state index is 5.57. The number of aromatic nitrogens is 2. The number of hydrogen-bond donors (Lipinski definition) is 1. The minimum atomic E-state index is 0.358. The smallest absolute Gasteiger partial charge is 0.289 e. The molecule has 3 rings (SSSR count). The summed E-state index contributed by atoms with van der Waals surface area (Å²) in [6, 6.07) is 16.0. The minimum absolute atomic E-state index is 0.358. The van der Waals surface area contributed by atoms with E-state index in [1.807, 2.05) is 30.3 Å². The second-order valence-corrected chi connectivity index (χ2v) is 5.54. The van der Waals surface area contributed by atoms with Crippen LogP contribution in [0.4, 0.5) is 5.69 Å². The maximum atomic E-state index is 5.57. The first-order valence-corrected chi connectivity index (χ1v) is 7.49. The standard InChI is InChI=1S/C17H17N3OS/c1-12-8-9-13(2)15(10-12)18-11-20-17(22)21-16(19-20)14-6-4-3-5-7-14/h3-10,18H,11H2,1-2H3. The lowest BCUT2D eigenvalue weighted by Gasteiger charge is -2.09. The molecule has 0 radical (unpaired) electrons. The van der Waals surface area contributed by atoms with Crippen molar-refractivity contribution in [2.45, 2.75) is 20.5 Å². The SMILES string of the molecule is Cc1ccc(C)c(NCn2nc(-c3ccccc3)oc2=S)c1. The highest BCUT2D eigenvalue weighted by molar-refractivity contribution is 7.71. The monoisotopic (exact) mass is 311 g/mol. The summed E-state index contributed by atoms with van der Waals surface area (Å²) < 4.78 is 7.22. The molecular formula is C17H17N3OS. The fourth-order valence-electron chi connectivity index (χ4n) is 2.19. The molecular weight excluding hydrogens is 294 g/mol. The number of rotatable bonds is 4. The van der Waals surface area contributed by atoms with Crippen LogP contribution in [0, 0.1) is 18.7 Å². The van der Waals surface area contributed by atoms with E-state index in [0.717, 1.165) is 11.3 Å². The molecule has 0 aliphatic rings. The predicted molar refractivity (Wildman–Crippen MR) is 90.3 cm³/mol. The molecule has 1 N–H and O–H groups in total. The van der Waals surface area contributed by atoms with Crippen molar-refractivity contribution in [3.05, 3.63) is 64.5 Å². The molecule has 0 aliphatic heterocycles. The first kappa shape index (κ1) is 14.5. The van der Waals surface area contributed by atoms with Gasteiger partial charge in [-0.2, -0.15) is 0 Å². The zero-order chi connectivity index (χ0) is 15.5. The van der Waals surface area contributed by atoms with Crippen LogP contribution in [-0.4, -0.2) is 9.78 Å². The number of anilines is 1. The van der Waals surface area contributed by atoms with Crippen LogP contribution in [0.15, 0.2) is 52.9 Å². The Bertz CT molecular complexity index is 837. The van der Waals surface area contributed by atoms with Gasteiger partial charge in [0, 0.05) is 11.3 Å². The average molecular weight is 311 g/mol. The molecule has 0 saturated heterocycles. The Labute approximate surface area is 134 Å². The highest BCUT2D eigenvalue weighted by Gasteiger charge is 2.08. The van der Waals surface area contributed by atoms with E-state index in [4.69, 9.17) is 16.6 Å². The highest BCUT2D eigenvalue weighted by atomic mass is 32.1. The van der Waals surface area contributed by atoms with E-state index in [0.29, 0.717) is 17.4 Å². The summed E-state index contributed by atoms with van der Waals surface area (Å²) in [4.78, 5) is 0.358. The van der Waals surface area contributed by atoms with Gasteiger partial charge in [-0.05, 0) is 55.4 Å². The third kappa shape index (κ3) is 3.09. The van der Waals surface area contributed by atoms with Crippen LogP contribution in [0.3, 0.4) is 0 Å². The third-order valence-corrected chi connectivity index (χ3v) is 3.73. The Kier molecular flexibility index (Phi) is 4.06. The zero-order valence-electron chi connectivity index (χ0n) is 12.5. The van der Waals surface area contributed by atoms with Crippen LogP contribution in [-0.2, 0) is 6.67 Å². The van der Waals surface area contributed by atoms with Crippen LogP contribution in [0.2, 0.25) is 0 Å². The van der Waals surface area contributed by atoms with Crippen molar-refractivity contribution in [3.63, 3.8) is 0 Å². The Morgan fingerprint density at radius 2 is 1.91 bits per heavy atom. The molecule has 2 aromatic carbocycles. The number of benzene rings is 2. The number of nitrogens with one attached hydrogen (secondary N) is 1. The third-order valence-electron chi connectivity index (χ3n) is 3.44. The lowest BCUT2D eigenvalue weighted by Crippen LogP contribution is -2.10. The van der Waals surface area contributed by atoms with Crippen molar-refractivity contribution in [2.24, 2.45) is 0 Å². The predicted octanol–water partition coefficient (Wildman–Crippen LogP) is 4.56. The van der Waals surface area contributed by atoms with Gasteiger partial charge in [0.25, 0.3) is 4.84 Å². The molecule has 1 heterocycles. The molecule has 0 bridgehead atoms. The topological polar surface area (TPSA) is 43.0 Å². The molecule has 0 fully saturated rings. The lowest BCUT2D eigenvalue weighted by atomic mass is 10.1. The van der Waals surface area contributed by atoms with Gasteiger partial charge >= 0.3 is 0 Å². The van der Waals surface area contributed by atoms with Crippen LogP contribution in [0.25, 0.3) is 11.5 Å². The van der Waals surface area contributed by atoms with E-state index in [1.165, 1.54) is 11.1 Å². The van der Waals surface area contributed by atoms with E-state index >= 15 is 0 Å². The minimum Gasteiger partial charge on any atom is -0.409 e. The Balaban J connectivity index is 1.80. The normalized spacial score (nSPS) is 10.6. The Hall–Kier alpha value is -2.40. The Morgan fingerprint density at radius 1 is 1.14 bits per heavy atom. The fourth-order valence-corrected chi connectivity index (χ4v) is 2.37. The van der Waals surface area contributed by atoms with Crippen molar-refractivity contribution < 1.29 is 4.42 Å². The quantitative estimate of drug-likeness (QED) is 0.717. The summed E-state index contributed by atoms with van der Waals surface area (Å²) in [5, 5.41) is 7.78. The molecule has 0 amide bonds. The van der Waals surface area contributed by atoms with Gasteiger partial charge in [0.15, 0.2) is 0 Å². The molecule has 3 aromatic rings. The van der Waals surface area contributed by atoms with Crippen LogP contribution in [0.1, 0.15) is 11.1 Å². The molecule has 0 spiro atoms. The fraction of sp³-hybridized carbons (Fsp3) is 0.176. The van der Waals surface area contributed by atoms with Gasteiger partial charge in [-0.3, -0.25) is 0 Å². The van der Waals surface area contributed by atoms with E-state index in [-0.39, 0.29) is 0 Å². The maximum Gasteiger partial charge on any atom is 0.289 e. The van der Waals surface area contributed by atoms with Crippen molar-refractivity contribution >= 4 is 17.9 Å². The summed E-state index contributed by atoms with van der Waals surface area (Å²) in [5.74, 6) is 0.536. The van der Waals surface area contributed by atoms with Gasteiger partial charge in [0.1, 0.15) is 6.67 Å². The molecule has 0 saturated carbocycles. The number of hydrogen-bond acceptors (Lipinski definition) is 4. The van der Waals surface area contributed by atoms with Crippen molar-refractivity contribution in [1.29, 1.82) is 0 Å². The molecule has 1 aromatic heterocycles. The van der Waals surface area contributed by atoms with Gasteiger partial charge in [0.05, 0.1) is 0 Å². The summed E-state index contributed by atoms with van der Waals surface area (Å²) in [6.45, 7) is 4.61. The summed E-state index contributed by atoms with van der Waals surface area (Å²) in [5.41, 5.74) is 4.39. The van der Waals surface area contributed by atoms with Crippen molar-refractivity contribution in [1.82, 2.24) is 9.78 Å². The second-order valence-electron chi connectivity index (χ2n) is 5.19. The van der Waals surface area contributed by atoms with Gasteiger partial charge in [-0.15, -0.1) is 5.10 Å². The molecule has 22 heavy (non-hydrogen) atoms. The molecule has 0 atom stereocenters. The zero-order valence-corrected chi connectivity index (χ0v) is 13.4. The summed E-state index contributed by atoms with van der Waals surface area (Å²) in [7, 11) is 0. The van der Waals surface area contributed by atoms with Gasteiger partial charge in [-0.25, -0.2) is 4.68 Å². The van der Waals surface area contributed by atoms with Crippen molar-refractivity contribution in [3.8, 4) is 11.5 Å². The lowest BCUT2D eigenvalue weighted by molar-refractivity contribution is 0.522. The van der Waals surface area contributed by atoms with E-state index in [9.17, 15) is 0 Å². The molecule has 0 aliphatic carbocycles. The van der Waals surface area contributed by atoms with E-state index in [2.05, 4.69) is 42.5 Å². The Morgan fingerprint density at radius 3 is 2.68 bits per heavy atom. The van der Waals surface area contributed by atoms with Gasteiger partial charge in [0.2, 0.25) is 5.89 Å². The van der Waals surface area contributed by atoms with E-state index in [1.54, 1.807) is 4.68 Å². The number of nitrogens with zero attached hydrogens (tertiary/aromatic N) is 2. The van der Waals surface area contributed by atoms with Crippen molar-refractivity contribution in [2.75, 3.05) is 5.32 Å². The second kappa shape index (κ2) is 6.15.